The summed E-state index contributed by atoms with van der Waals surface area (Å²) in [5.74, 6) is -0.181. The van der Waals surface area contributed by atoms with Crippen molar-refractivity contribution in [2.75, 3.05) is 11.6 Å². The zero-order chi connectivity index (χ0) is 11.6. The molecule has 0 N–H and O–H groups in total. The molecular formula is C9H8BrClO3S. The number of ketones is 1. The highest BCUT2D eigenvalue weighted by molar-refractivity contribution is 9.09. The van der Waals surface area contributed by atoms with E-state index in [2.05, 4.69) is 15.9 Å². The summed E-state index contributed by atoms with van der Waals surface area (Å²) in [7, 11) is -3.28. The van der Waals surface area contributed by atoms with E-state index in [1.165, 1.54) is 18.2 Å². The summed E-state index contributed by atoms with van der Waals surface area (Å²) in [6, 6.07) is 4.08. The number of carbonyl (C=O) groups is 1. The fraction of sp³-hybridized carbons (Fsp3) is 0.222. The Hall–Kier alpha value is -0.390. The summed E-state index contributed by atoms with van der Waals surface area (Å²) >= 11 is 8.82. The molecule has 0 saturated heterocycles. The number of carbonyl (C=O) groups excluding carboxylic acids is 1. The van der Waals surface area contributed by atoms with Gasteiger partial charge in [0.1, 0.15) is 0 Å². The maximum Gasteiger partial charge on any atom is 0.175 e. The highest BCUT2D eigenvalue weighted by Crippen LogP contribution is 2.21. The molecule has 1 rings (SSSR count). The minimum atomic E-state index is -3.28. The van der Waals surface area contributed by atoms with Gasteiger partial charge in [0, 0.05) is 11.8 Å². The lowest BCUT2D eigenvalue weighted by Gasteiger charge is -2.03. The van der Waals surface area contributed by atoms with Gasteiger partial charge in [0.15, 0.2) is 15.6 Å². The largest absolute Gasteiger partial charge is 0.293 e. The number of benzene rings is 1. The van der Waals surface area contributed by atoms with E-state index in [0.717, 1.165) is 6.26 Å². The third-order valence-electron chi connectivity index (χ3n) is 1.79. The van der Waals surface area contributed by atoms with Crippen LogP contribution in [0.4, 0.5) is 0 Å². The van der Waals surface area contributed by atoms with Crippen molar-refractivity contribution in [2.45, 2.75) is 4.90 Å². The van der Waals surface area contributed by atoms with Gasteiger partial charge < -0.3 is 0 Å². The first-order valence-electron chi connectivity index (χ1n) is 3.95. The number of rotatable bonds is 3. The Bertz CT molecular complexity index is 496. The first kappa shape index (κ1) is 12.7. The van der Waals surface area contributed by atoms with Crippen molar-refractivity contribution < 1.29 is 13.2 Å². The second kappa shape index (κ2) is 4.63. The van der Waals surface area contributed by atoms with Crippen molar-refractivity contribution in [3.63, 3.8) is 0 Å². The third kappa shape index (κ3) is 3.03. The molecule has 0 atom stereocenters. The molecule has 0 aliphatic heterocycles. The Balaban J connectivity index is 3.27. The topological polar surface area (TPSA) is 51.2 Å². The van der Waals surface area contributed by atoms with Gasteiger partial charge in [0.05, 0.1) is 15.2 Å². The van der Waals surface area contributed by atoms with Crippen LogP contribution in [0.3, 0.4) is 0 Å². The molecule has 0 radical (unpaired) electrons. The van der Waals surface area contributed by atoms with E-state index in [1.54, 1.807) is 0 Å². The quantitative estimate of drug-likeness (QED) is 0.636. The normalized spacial score (nSPS) is 11.4. The van der Waals surface area contributed by atoms with Gasteiger partial charge in [-0.25, -0.2) is 8.42 Å². The number of alkyl halides is 1. The van der Waals surface area contributed by atoms with Crippen LogP contribution in [-0.2, 0) is 9.84 Å². The zero-order valence-electron chi connectivity index (χ0n) is 7.83. The van der Waals surface area contributed by atoms with Crippen LogP contribution in [-0.4, -0.2) is 25.8 Å². The second-order valence-corrected chi connectivity index (χ2v) is 5.95. The van der Waals surface area contributed by atoms with Crippen LogP contribution in [0, 0.1) is 0 Å². The van der Waals surface area contributed by atoms with Crippen molar-refractivity contribution in [3.8, 4) is 0 Å². The zero-order valence-corrected chi connectivity index (χ0v) is 11.0. The lowest BCUT2D eigenvalue weighted by atomic mass is 10.1. The predicted octanol–water partition coefficient (Wildman–Crippen LogP) is 2.32. The number of halogens is 2. The molecular weight excluding hydrogens is 304 g/mol. The highest BCUT2D eigenvalue weighted by Gasteiger charge is 2.13. The Labute approximate surface area is 101 Å². The molecule has 15 heavy (non-hydrogen) atoms. The van der Waals surface area contributed by atoms with Crippen LogP contribution in [0.15, 0.2) is 23.1 Å². The molecule has 1 aromatic carbocycles. The molecule has 0 aliphatic carbocycles. The first-order chi connectivity index (χ1) is 6.86. The van der Waals surface area contributed by atoms with Crippen molar-refractivity contribution in [2.24, 2.45) is 0 Å². The van der Waals surface area contributed by atoms with Gasteiger partial charge >= 0.3 is 0 Å². The van der Waals surface area contributed by atoms with Crippen molar-refractivity contribution in [1.82, 2.24) is 0 Å². The summed E-state index contributed by atoms with van der Waals surface area (Å²) in [5, 5.41) is 0.313. The Morgan fingerprint density at radius 3 is 2.47 bits per heavy atom. The van der Waals surface area contributed by atoms with Gasteiger partial charge in [-0.05, 0) is 18.2 Å². The van der Waals surface area contributed by atoms with Crippen LogP contribution in [0.2, 0.25) is 5.02 Å². The monoisotopic (exact) mass is 310 g/mol. The second-order valence-electron chi connectivity index (χ2n) is 2.97. The lowest BCUT2D eigenvalue weighted by Crippen LogP contribution is -2.03. The van der Waals surface area contributed by atoms with Gasteiger partial charge in [-0.15, -0.1) is 0 Å². The van der Waals surface area contributed by atoms with E-state index >= 15 is 0 Å². The fourth-order valence-corrected chi connectivity index (χ4v) is 2.32. The molecule has 0 unspecified atom stereocenters. The lowest BCUT2D eigenvalue weighted by molar-refractivity contribution is 0.102. The number of Topliss-reactive ketones (excluding diaryl/α,β-unsaturated/α-hetero) is 1. The van der Waals surface area contributed by atoms with E-state index < -0.39 is 9.84 Å². The summed E-state index contributed by atoms with van der Waals surface area (Å²) in [6.07, 6.45) is 1.09. The average Bonchev–Trinajstić information content (AvgIpc) is 2.15. The molecule has 1 aromatic rings. The van der Waals surface area contributed by atoms with E-state index in [0.29, 0.717) is 5.56 Å². The molecule has 0 bridgehead atoms. The first-order valence-corrected chi connectivity index (χ1v) is 7.34. The number of sulfone groups is 1. The Morgan fingerprint density at radius 2 is 2.07 bits per heavy atom. The summed E-state index contributed by atoms with van der Waals surface area (Å²) in [5.41, 5.74) is 0.320. The van der Waals surface area contributed by atoms with Crippen molar-refractivity contribution in [1.29, 1.82) is 0 Å². The van der Waals surface area contributed by atoms with Gasteiger partial charge in [0.25, 0.3) is 0 Å². The molecule has 0 fully saturated rings. The van der Waals surface area contributed by atoms with Gasteiger partial charge in [0.2, 0.25) is 0 Å². The molecule has 0 aromatic heterocycles. The molecule has 0 amide bonds. The summed E-state index contributed by atoms with van der Waals surface area (Å²) in [4.78, 5) is 11.4. The van der Waals surface area contributed by atoms with E-state index in [4.69, 9.17) is 11.6 Å². The van der Waals surface area contributed by atoms with E-state index in [9.17, 15) is 13.2 Å². The maximum atomic E-state index is 11.3. The van der Waals surface area contributed by atoms with Gasteiger partial charge in [-0.3, -0.25) is 4.79 Å². The smallest absolute Gasteiger partial charge is 0.175 e. The molecule has 0 heterocycles. The summed E-state index contributed by atoms with van der Waals surface area (Å²) < 4.78 is 22.4. The maximum absolute atomic E-state index is 11.3. The average molecular weight is 312 g/mol. The van der Waals surface area contributed by atoms with E-state index in [-0.39, 0.29) is 21.0 Å². The predicted molar refractivity (Wildman–Crippen MR) is 62.7 cm³/mol. The Morgan fingerprint density at radius 1 is 1.47 bits per heavy atom. The number of hydrogen-bond donors (Lipinski definition) is 0. The van der Waals surface area contributed by atoms with Crippen LogP contribution >= 0.6 is 27.5 Å². The molecule has 82 valence electrons. The van der Waals surface area contributed by atoms with Gasteiger partial charge in [-0.2, -0.15) is 0 Å². The Kier molecular flexibility index (Phi) is 3.92. The minimum absolute atomic E-state index is 0.110. The van der Waals surface area contributed by atoms with Crippen molar-refractivity contribution in [3.05, 3.63) is 28.8 Å². The van der Waals surface area contributed by atoms with Crippen LogP contribution in [0.1, 0.15) is 10.4 Å². The molecule has 6 heteroatoms. The van der Waals surface area contributed by atoms with Crippen molar-refractivity contribution >= 4 is 43.2 Å². The number of hydrogen-bond acceptors (Lipinski definition) is 3. The third-order valence-corrected chi connectivity index (χ3v) is 3.72. The van der Waals surface area contributed by atoms with Gasteiger partial charge in [-0.1, -0.05) is 27.5 Å². The molecule has 0 saturated carbocycles. The molecule has 3 nitrogen and oxygen atoms in total. The van der Waals surface area contributed by atoms with E-state index in [1.807, 2.05) is 0 Å². The highest BCUT2D eigenvalue weighted by atomic mass is 79.9. The summed E-state index contributed by atoms with van der Waals surface area (Å²) in [6.45, 7) is 0. The molecule has 0 spiro atoms. The minimum Gasteiger partial charge on any atom is -0.293 e. The van der Waals surface area contributed by atoms with Crippen LogP contribution in [0.25, 0.3) is 0 Å². The standard InChI is InChI=1S/C9H8BrClO3S/c1-15(13,14)6-2-3-7(8(11)4-6)9(12)5-10/h2-4H,5H2,1H3. The fourth-order valence-electron chi connectivity index (χ4n) is 1.02. The van der Waals surface area contributed by atoms with Crippen LogP contribution < -0.4 is 0 Å². The van der Waals surface area contributed by atoms with Crippen LogP contribution in [0.5, 0.6) is 0 Å². The SMILES string of the molecule is CS(=O)(=O)c1ccc(C(=O)CBr)c(Cl)c1. The molecule has 0 aliphatic rings.